The predicted octanol–water partition coefficient (Wildman–Crippen LogP) is 2.08. The van der Waals surface area contributed by atoms with Crippen LogP contribution in [0.3, 0.4) is 0 Å². The average Bonchev–Trinajstić information content (AvgIpc) is 3.29. The molecule has 4 rings (SSSR count). The van der Waals surface area contributed by atoms with Crippen molar-refractivity contribution in [3.8, 4) is 6.07 Å². The van der Waals surface area contributed by atoms with Crippen LogP contribution in [0.2, 0.25) is 0 Å². The Balaban J connectivity index is 1.68. The van der Waals surface area contributed by atoms with Crippen molar-refractivity contribution in [3.63, 3.8) is 0 Å². The number of halogens is 1. The maximum absolute atomic E-state index is 14.7. The van der Waals surface area contributed by atoms with E-state index in [-0.39, 0.29) is 29.3 Å². The number of nitrogens with one attached hydrogen (secondary N) is 1. The zero-order valence-corrected chi connectivity index (χ0v) is 15.6. The molecule has 0 fully saturated rings. The van der Waals surface area contributed by atoms with Gasteiger partial charge in [-0.1, -0.05) is 0 Å². The SMILES string of the molecule is Cc1nc(C(=O)Nc2ccc(F)c([C@@]3(C)Cn4nc(C#N)cc4C(N)=N3)c2)co1. The number of amidine groups is 1. The Bertz CT molecular complexity index is 1200. The Morgan fingerprint density at radius 1 is 1.45 bits per heavy atom. The summed E-state index contributed by atoms with van der Waals surface area (Å²) in [6.45, 7) is 3.52. The van der Waals surface area contributed by atoms with Crippen molar-refractivity contribution in [3.05, 3.63) is 64.9 Å². The second-order valence-corrected chi connectivity index (χ2v) is 6.86. The van der Waals surface area contributed by atoms with E-state index < -0.39 is 17.3 Å². The molecule has 29 heavy (non-hydrogen) atoms. The van der Waals surface area contributed by atoms with Crippen LogP contribution < -0.4 is 11.1 Å². The molecule has 10 heteroatoms. The van der Waals surface area contributed by atoms with Crippen LogP contribution in [-0.2, 0) is 12.1 Å². The largest absolute Gasteiger partial charge is 0.448 e. The number of nitriles is 1. The number of aliphatic imine (C=N–C) groups is 1. The van der Waals surface area contributed by atoms with Gasteiger partial charge >= 0.3 is 0 Å². The Morgan fingerprint density at radius 3 is 2.93 bits per heavy atom. The zero-order valence-electron chi connectivity index (χ0n) is 15.6. The van der Waals surface area contributed by atoms with Crippen molar-refractivity contribution in [1.82, 2.24) is 14.8 Å². The number of carbonyl (C=O) groups excluding carboxylic acids is 1. The van der Waals surface area contributed by atoms with Gasteiger partial charge in [0.1, 0.15) is 35.2 Å². The molecule has 2 aromatic heterocycles. The lowest BCUT2D eigenvalue weighted by atomic mass is 9.90. The molecule has 0 saturated heterocycles. The van der Waals surface area contributed by atoms with Crippen LogP contribution in [0.15, 0.2) is 39.9 Å². The number of nitrogens with zero attached hydrogens (tertiary/aromatic N) is 5. The summed E-state index contributed by atoms with van der Waals surface area (Å²) in [5, 5.41) is 15.9. The monoisotopic (exact) mass is 393 g/mol. The van der Waals surface area contributed by atoms with E-state index in [1.54, 1.807) is 13.8 Å². The van der Waals surface area contributed by atoms with Gasteiger partial charge in [0, 0.05) is 24.2 Å². The van der Waals surface area contributed by atoms with Crippen LogP contribution in [0.5, 0.6) is 0 Å². The van der Waals surface area contributed by atoms with E-state index in [4.69, 9.17) is 15.4 Å². The molecule has 0 spiro atoms. The summed E-state index contributed by atoms with van der Waals surface area (Å²) < 4.78 is 21.3. The van der Waals surface area contributed by atoms with E-state index in [1.807, 2.05) is 6.07 Å². The number of hydrogen-bond acceptors (Lipinski definition) is 7. The number of amides is 1. The maximum atomic E-state index is 14.7. The Morgan fingerprint density at radius 2 is 2.24 bits per heavy atom. The molecule has 3 N–H and O–H groups in total. The summed E-state index contributed by atoms with van der Waals surface area (Å²) in [6, 6.07) is 7.67. The van der Waals surface area contributed by atoms with Crippen LogP contribution >= 0.6 is 0 Å². The van der Waals surface area contributed by atoms with Gasteiger partial charge in [-0.2, -0.15) is 10.4 Å². The van der Waals surface area contributed by atoms with Gasteiger partial charge in [-0.15, -0.1) is 0 Å². The van der Waals surface area contributed by atoms with Crippen LogP contribution in [0.1, 0.15) is 40.3 Å². The zero-order chi connectivity index (χ0) is 20.8. The van der Waals surface area contributed by atoms with Crippen molar-refractivity contribution in [2.45, 2.75) is 25.9 Å². The number of nitrogens with two attached hydrogens (primary N) is 1. The van der Waals surface area contributed by atoms with E-state index in [0.29, 0.717) is 17.3 Å². The molecule has 9 nitrogen and oxygen atoms in total. The van der Waals surface area contributed by atoms with Crippen LogP contribution in [-0.4, -0.2) is 26.5 Å². The molecule has 1 amide bonds. The van der Waals surface area contributed by atoms with Gasteiger partial charge in [0.2, 0.25) is 0 Å². The van der Waals surface area contributed by atoms with Crippen LogP contribution in [0.25, 0.3) is 0 Å². The van der Waals surface area contributed by atoms with Gasteiger partial charge in [-0.05, 0) is 25.1 Å². The van der Waals surface area contributed by atoms with Gasteiger partial charge in [-0.3, -0.25) is 14.5 Å². The second kappa shape index (κ2) is 6.56. The molecule has 1 aromatic carbocycles. The first kappa shape index (κ1) is 18.4. The average molecular weight is 393 g/mol. The number of anilines is 1. The first-order chi connectivity index (χ1) is 13.8. The van der Waals surface area contributed by atoms with Crippen LogP contribution in [0.4, 0.5) is 10.1 Å². The van der Waals surface area contributed by atoms with Gasteiger partial charge < -0.3 is 15.5 Å². The van der Waals surface area contributed by atoms with Crippen LogP contribution in [0, 0.1) is 24.1 Å². The quantitative estimate of drug-likeness (QED) is 0.699. The first-order valence-electron chi connectivity index (χ1n) is 8.66. The number of oxazole rings is 1. The molecular formula is C19H16FN7O2. The lowest BCUT2D eigenvalue weighted by molar-refractivity contribution is 0.102. The fourth-order valence-corrected chi connectivity index (χ4v) is 3.27. The van der Waals surface area contributed by atoms with Crippen molar-refractivity contribution in [1.29, 1.82) is 5.26 Å². The van der Waals surface area contributed by atoms with Gasteiger partial charge in [0.15, 0.2) is 17.3 Å². The molecule has 146 valence electrons. The van der Waals surface area contributed by atoms with Gasteiger partial charge in [0.25, 0.3) is 5.91 Å². The minimum absolute atomic E-state index is 0.115. The molecule has 0 unspecified atom stereocenters. The minimum atomic E-state index is -1.08. The summed E-state index contributed by atoms with van der Waals surface area (Å²) in [4.78, 5) is 20.7. The fraction of sp³-hybridized carbons (Fsp3) is 0.211. The summed E-state index contributed by atoms with van der Waals surface area (Å²) >= 11 is 0. The number of hydrogen-bond donors (Lipinski definition) is 2. The lowest BCUT2D eigenvalue weighted by Gasteiger charge is -2.31. The Kier molecular flexibility index (Phi) is 4.15. The molecule has 1 aliphatic rings. The lowest BCUT2D eigenvalue weighted by Crippen LogP contribution is -2.37. The van der Waals surface area contributed by atoms with Crippen molar-refractivity contribution in [2.75, 3.05) is 5.32 Å². The number of aromatic nitrogens is 3. The first-order valence-corrected chi connectivity index (χ1v) is 8.66. The topological polar surface area (TPSA) is 135 Å². The molecule has 0 radical (unpaired) electrons. The summed E-state index contributed by atoms with van der Waals surface area (Å²) in [6.07, 6.45) is 1.24. The molecule has 3 heterocycles. The summed E-state index contributed by atoms with van der Waals surface area (Å²) in [5.41, 5.74) is 6.38. The highest BCUT2D eigenvalue weighted by Crippen LogP contribution is 2.34. The normalized spacial score (nSPS) is 17.9. The van der Waals surface area contributed by atoms with E-state index in [2.05, 4.69) is 20.4 Å². The highest BCUT2D eigenvalue weighted by atomic mass is 19.1. The van der Waals surface area contributed by atoms with Gasteiger partial charge in [-0.25, -0.2) is 9.37 Å². The highest BCUT2D eigenvalue weighted by Gasteiger charge is 2.35. The van der Waals surface area contributed by atoms with E-state index in [9.17, 15) is 9.18 Å². The smallest absolute Gasteiger partial charge is 0.277 e. The number of aryl methyl sites for hydroxylation is 1. The van der Waals surface area contributed by atoms with Gasteiger partial charge in [0.05, 0.1) is 6.54 Å². The standard InChI is InChI=1S/C19H16FN7O2/c1-10-23-15(8-29-10)18(28)24-11-3-4-14(20)13(5-11)19(2)9-27-16(17(22)25-19)6-12(7-21)26-27/h3-6,8H,9H2,1-2H3,(H2,22,25)(H,24,28)/t19-/m1/s1. The fourth-order valence-electron chi connectivity index (χ4n) is 3.27. The van der Waals surface area contributed by atoms with Crippen molar-refractivity contribution < 1.29 is 13.6 Å². The molecule has 0 bridgehead atoms. The van der Waals surface area contributed by atoms with E-state index >= 15 is 0 Å². The number of rotatable bonds is 3. The molecule has 0 aliphatic carbocycles. The third-order valence-electron chi connectivity index (χ3n) is 4.64. The molecular weight excluding hydrogens is 377 g/mol. The van der Waals surface area contributed by atoms with Crippen molar-refractivity contribution in [2.24, 2.45) is 10.7 Å². The number of fused-ring (bicyclic) bond motifs is 1. The third kappa shape index (κ3) is 3.23. The number of benzene rings is 1. The molecule has 0 saturated carbocycles. The molecule has 3 aromatic rings. The minimum Gasteiger partial charge on any atom is -0.448 e. The highest BCUT2D eigenvalue weighted by molar-refractivity contribution is 6.02. The predicted molar refractivity (Wildman–Crippen MR) is 101 cm³/mol. The summed E-state index contributed by atoms with van der Waals surface area (Å²) in [5.74, 6) is -0.472. The second-order valence-electron chi connectivity index (χ2n) is 6.86. The maximum Gasteiger partial charge on any atom is 0.277 e. The number of carbonyl (C=O) groups is 1. The summed E-state index contributed by atoms with van der Waals surface area (Å²) in [7, 11) is 0. The molecule has 1 atom stereocenters. The Labute approximate surface area is 164 Å². The Hall–Kier alpha value is -4.00. The third-order valence-corrected chi connectivity index (χ3v) is 4.64. The van der Waals surface area contributed by atoms with Crippen molar-refractivity contribution >= 4 is 17.4 Å². The van der Waals surface area contributed by atoms with E-state index in [1.165, 1.54) is 35.2 Å². The van der Waals surface area contributed by atoms with E-state index in [0.717, 1.165) is 0 Å². The molecule has 1 aliphatic heterocycles.